The maximum absolute atomic E-state index is 13.1. The molecule has 0 spiro atoms. The van der Waals surface area contributed by atoms with Gasteiger partial charge in [-0.15, -0.1) is 0 Å². The van der Waals surface area contributed by atoms with Crippen LogP contribution in [0.2, 0.25) is 0 Å². The fourth-order valence-corrected chi connectivity index (χ4v) is 4.16. The summed E-state index contributed by atoms with van der Waals surface area (Å²) in [5, 5.41) is 2.55. The Hall–Kier alpha value is -3.63. The molecule has 0 aliphatic carbocycles. The first-order valence-corrected chi connectivity index (χ1v) is 10.8. The highest BCUT2D eigenvalue weighted by Crippen LogP contribution is 2.36. The SMILES string of the molecule is CN(C)C(=O)C(=O)N(C)C1C2=NC(C(=O)NCc3ccc(F)cc3)C(=O)C(=O)N2CCC1(C)C. The number of nitrogens with one attached hydrogen (secondary N) is 1. The lowest BCUT2D eigenvalue weighted by atomic mass is 9.75. The number of amidine groups is 1. The molecule has 0 aromatic heterocycles. The summed E-state index contributed by atoms with van der Waals surface area (Å²) in [5.41, 5.74) is 0.00473. The average molecular weight is 474 g/mol. The first-order valence-electron chi connectivity index (χ1n) is 10.8. The molecule has 1 N–H and O–H groups in total. The Morgan fingerprint density at radius 2 is 1.74 bits per heavy atom. The molecule has 0 radical (unpaired) electrons. The minimum Gasteiger partial charge on any atom is -0.350 e. The van der Waals surface area contributed by atoms with Crippen molar-refractivity contribution in [2.45, 2.75) is 38.9 Å². The zero-order valence-corrected chi connectivity index (χ0v) is 19.8. The number of likely N-dealkylation sites (N-methyl/N-ethyl adjacent to an activating group) is 2. The van der Waals surface area contributed by atoms with Crippen molar-refractivity contribution in [1.29, 1.82) is 0 Å². The van der Waals surface area contributed by atoms with Gasteiger partial charge in [0.15, 0.2) is 6.04 Å². The van der Waals surface area contributed by atoms with Gasteiger partial charge in [0.1, 0.15) is 11.7 Å². The lowest BCUT2D eigenvalue weighted by molar-refractivity contribution is -0.152. The topological polar surface area (TPSA) is 119 Å². The molecular weight excluding hydrogens is 445 g/mol. The number of carbonyl (C=O) groups is 5. The molecule has 2 aliphatic heterocycles. The Kier molecular flexibility index (Phi) is 6.85. The van der Waals surface area contributed by atoms with Crippen LogP contribution >= 0.6 is 0 Å². The molecule has 1 aromatic rings. The molecule has 3 rings (SSSR count). The van der Waals surface area contributed by atoms with Crippen LogP contribution in [-0.2, 0) is 30.5 Å². The molecule has 1 saturated heterocycles. The van der Waals surface area contributed by atoms with E-state index in [0.29, 0.717) is 12.0 Å². The summed E-state index contributed by atoms with van der Waals surface area (Å²) in [6.07, 6.45) is 0.449. The number of piperidine rings is 1. The molecule has 10 nitrogen and oxygen atoms in total. The fourth-order valence-electron chi connectivity index (χ4n) is 4.16. The van der Waals surface area contributed by atoms with Crippen molar-refractivity contribution in [3.05, 3.63) is 35.6 Å². The van der Waals surface area contributed by atoms with E-state index < -0.39 is 52.7 Å². The minimum atomic E-state index is -1.62. The van der Waals surface area contributed by atoms with Crippen LogP contribution in [0.25, 0.3) is 0 Å². The second-order valence-corrected chi connectivity index (χ2v) is 9.31. The number of rotatable bonds is 4. The smallest absolute Gasteiger partial charge is 0.312 e. The molecule has 11 heteroatoms. The van der Waals surface area contributed by atoms with E-state index in [1.54, 1.807) is 0 Å². The monoisotopic (exact) mass is 473 g/mol. The zero-order chi connectivity index (χ0) is 25.4. The lowest BCUT2D eigenvalue weighted by Gasteiger charge is -2.49. The van der Waals surface area contributed by atoms with Gasteiger partial charge in [-0.3, -0.25) is 28.9 Å². The van der Waals surface area contributed by atoms with E-state index in [1.165, 1.54) is 55.2 Å². The second kappa shape index (κ2) is 9.32. The third-order valence-electron chi connectivity index (χ3n) is 6.13. The van der Waals surface area contributed by atoms with Gasteiger partial charge < -0.3 is 15.1 Å². The Morgan fingerprint density at radius 3 is 2.32 bits per heavy atom. The predicted octanol–water partition coefficient (Wildman–Crippen LogP) is -0.0346. The van der Waals surface area contributed by atoms with E-state index in [2.05, 4.69) is 10.3 Å². The number of amides is 4. The Morgan fingerprint density at radius 1 is 1.12 bits per heavy atom. The van der Waals surface area contributed by atoms with E-state index >= 15 is 0 Å². The summed E-state index contributed by atoms with van der Waals surface area (Å²) in [4.78, 5) is 71.4. The summed E-state index contributed by atoms with van der Waals surface area (Å²) in [7, 11) is 4.34. The first-order chi connectivity index (χ1) is 15.8. The van der Waals surface area contributed by atoms with Gasteiger partial charge in [0.25, 0.3) is 17.6 Å². The van der Waals surface area contributed by atoms with Gasteiger partial charge in [0, 0.05) is 34.2 Å². The molecule has 182 valence electrons. The van der Waals surface area contributed by atoms with Crippen LogP contribution in [0.5, 0.6) is 0 Å². The number of hydrogen-bond acceptors (Lipinski definition) is 6. The number of fused-ring (bicyclic) bond motifs is 1. The van der Waals surface area contributed by atoms with Gasteiger partial charge in [0.05, 0.1) is 6.04 Å². The highest BCUT2D eigenvalue weighted by molar-refractivity contribution is 6.46. The molecule has 2 aliphatic rings. The van der Waals surface area contributed by atoms with Crippen LogP contribution in [-0.4, -0.2) is 89.7 Å². The van der Waals surface area contributed by atoms with Crippen LogP contribution in [0.1, 0.15) is 25.8 Å². The van der Waals surface area contributed by atoms with Crippen molar-refractivity contribution in [3.8, 4) is 0 Å². The highest BCUT2D eigenvalue weighted by Gasteiger charge is 2.51. The maximum Gasteiger partial charge on any atom is 0.312 e. The van der Waals surface area contributed by atoms with Gasteiger partial charge >= 0.3 is 11.8 Å². The van der Waals surface area contributed by atoms with Gasteiger partial charge in [0.2, 0.25) is 0 Å². The van der Waals surface area contributed by atoms with Crippen molar-refractivity contribution >= 4 is 35.2 Å². The summed E-state index contributed by atoms with van der Waals surface area (Å²) in [6, 6.07) is 3.01. The predicted molar refractivity (Wildman–Crippen MR) is 120 cm³/mol. The number of carbonyl (C=O) groups excluding carboxylic acids is 5. The zero-order valence-electron chi connectivity index (χ0n) is 19.8. The highest BCUT2D eigenvalue weighted by atomic mass is 19.1. The quantitative estimate of drug-likeness (QED) is 0.486. The number of halogens is 1. The number of Topliss-reactive ketones (excluding diaryl/α,β-unsaturated/α-hetero) is 1. The molecule has 2 atom stereocenters. The van der Waals surface area contributed by atoms with Gasteiger partial charge in [-0.2, -0.15) is 0 Å². The lowest BCUT2D eigenvalue weighted by Crippen LogP contribution is -2.66. The van der Waals surface area contributed by atoms with E-state index in [-0.39, 0.29) is 18.9 Å². The number of aliphatic imine (C=N–C) groups is 1. The Labute approximate surface area is 196 Å². The number of benzene rings is 1. The standard InChI is InChI=1S/C23H28FN5O5/c1-23(2)10-11-29-18(17(23)28(5)22(34)21(33)27(3)4)26-15(16(30)20(29)32)19(31)25-12-13-6-8-14(24)9-7-13/h6-9,15,17H,10-12H2,1-5H3,(H,25,31). The molecule has 2 unspecified atom stereocenters. The van der Waals surface area contributed by atoms with E-state index in [0.717, 1.165) is 4.90 Å². The summed E-state index contributed by atoms with van der Waals surface area (Å²) < 4.78 is 13.1. The summed E-state index contributed by atoms with van der Waals surface area (Å²) in [5.74, 6) is -4.51. The van der Waals surface area contributed by atoms with Crippen LogP contribution < -0.4 is 5.32 Å². The normalized spacial score (nSPS) is 21.4. The van der Waals surface area contributed by atoms with Gasteiger partial charge in [-0.25, -0.2) is 9.38 Å². The van der Waals surface area contributed by atoms with Crippen LogP contribution in [0.3, 0.4) is 0 Å². The number of ketones is 1. The molecule has 0 saturated carbocycles. The first kappa shape index (κ1) is 25.0. The third-order valence-corrected chi connectivity index (χ3v) is 6.13. The second-order valence-electron chi connectivity index (χ2n) is 9.31. The Bertz CT molecular complexity index is 1070. The molecule has 4 amide bonds. The van der Waals surface area contributed by atoms with Gasteiger partial charge in [-0.1, -0.05) is 26.0 Å². The molecular formula is C23H28FN5O5. The molecule has 0 bridgehead atoms. The van der Waals surface area contributed by atoms with Gasteiger partial charge in [-0.05, 0) is 29.5 Å². The van der Waals surface area contributed by atoms with E-state index in [9.17, 15) is 28.4 Å². The summed E-state index contributed by atoms with van der Waals surface area (Å²) >= 11 is 0. The van der Waals surface area contributed by atoms with Crippen LogP contribution in [0.4, 0.5) is 4.39 Å². The van der Waals surface area contributed by atoms with Crippen molar-refractivity contribution in [1.82, 2.24) is 20.0 Å². The van der Waals surface area contributed by atoms with Crippen molar-refractivity contribution in [3.63, 3.8) is 0 Å². The molecule has 1 fully saturated rings. The summed E-state index contributed by atoms with van der Waals surface area (Å²) in [6.45, 7) is 3.94. The maximum atomic E-state index is 13.1. The molecule has 2 heterocycles. The number of nitrogens with zero attached hydrogens (tertiary/aromatic N) is 4. The van der Waals surface area contributed by atoms with Crippen LogP contribution in [0, 0.1) is 11.2 Å². The van der Waals surface area contributed by atoms with E-state index in [4.69, 9.17) is 0 Å². The fraction of sp³-hybridized carbons (Fsp3) is 0.478. The third kappa shape index (κ3) is 4.68. The molecule has 34 heavy (non-hydrogen) atoms. The average Bonchev–Trinajstić information content (AvgIpc) is 2.78. The van der Waals surface area contributed by atoms with E-state index in [1.807, 2.05) is 13.8 Å². The largest absolute Gasteiger partial charge is 0.350 e. The van der Waals surface area contributed by atoms with Crippen molar-refractivity contribution in [2.75, 3.05) is 27.7 Å². The van der Waals surface area contributed by atoms with Crippen LogP contribution in [0.15, 0.2) is 29.3 Å². The Balaban J connectivity index is 1.92. The number of hydrogen-bond donors (Lipinski definition) is 1. The van der Waals surface area contributed by atoms with Crippen molar-refractivity contribution < 1.29 is 28.4 Å². The minimum absolute atomic E-state index is 0.0102. The molecule has 1 aromatic carbocycles. The van der Waals surface area contributed by atoms with Crippen molar-refractivity contribution in [2.24, 2.45) is 10.4 Å².